The Bertz CT molecular complexity index is 185. The van der Waals surface area contributed by atoms with E-state index >= 15 is 0 Å². The van der Waals surface area contributed by atoms with Crippen molar-refractivity contribution in [3.63, 3.8) is 0 Å². The number of rotatable bonds is 5. The number of likely N-dealkylation sites (N-methyl/N-ethyl adjacent to an activating group) is 1. The van der Waals surface area contributed by atoms with Gasteiger partial charge >= 0.3 is 0 Å². The Morgan fingerprint density at radius 3 is 2.67 bits per heavy atom. The van der Waals surface area contributed by atoms with E-state index in [4.69, 9.17) is 1.37 Å². The van der Waals surface area contributed by atoms with E-state index in [-0.39, 0.29) is 31.2 Å². The van der Waals surface area contributed by atoms with Gasteiger partial charge in [-0.25, -0.2) is 0 Å². The molecule has 0 aliphatic heterocycles. The van der Waals surface area contributed by atoms with E-state index in [0.717, 1.165) is 0 Å². The molecule has 0 aliphatic carbocycles. The van der Waals surface area contributed by atoms with Crippen LogP contribution in [0.3, 0.4) is 0 Å². The summed E-state index contributed by atoms with van der Waals surface area (Å²) in [7, 11) is 1.58. The minimum atomic E-state index is -0.253. The van der Waals surface area contributed by atoms with E-state index in [1.54, 1.807) is 7.05 Å². The predicted molar refractivity (Wildman–Crippen MR) is 46.8 cm³/mol. The van der Waals surface area contributed by atoms with Crippen molar-refractivity contribution in [1.29, 1.82) is 0 Å². The fraction of sp³-hybridized carbons (Fsp3) is 0.750. The largest absolute Gasteiger partial charge is 0.359 e. The Balaban J connectivity index is 3.72. The van der Waals surface area contributed by atoms with Crippen LogP contribution in [0.15, 0.2) is 0 Å². The molecule has 2 N–H and O–H groups in total. The molecule has 0 fully saturated rings. The molecule has 0 rings (SSSR count). The molecule has 1 unspecified atom stereocenters. The fourth-order valence-corrected chi connectivity index (χ4v) is 0.915. The molecule has 4 heteroatoms. The highest BCUT2D eigenvalue weighted by atomic mass is 16.1. The number of hydrogen-bond donors (Lipinski definition) is 2. The first-order valence-corrected chi connectivity index (χ1v) is 3.85. The lowest BCUT2D eigenvalue weighted by atomic mass is 10.1. The van der Waals surface area contributed by atoms with Gasteiger partial charge in [0, 0.05) is 14.8 Å². The molecule has 0 saturated carbocycles. The predicted octanol–water partition coefficient (Wildman–Crippen LogP) is -0.310. The molecule has 0 bridgehead atoms. The lowest BCUT2D eigenvalue weighted by molar-refractivity contribution is -0.121. The van der Waals surface area contributed by atoms with Crippen molar-refractivity contribution in [1.82, 2.24) is 10.6 Å². The van der Waals surface area contributed by atoms with E-state index in [9.17, 15) is 9.59 Å². The van der Waals surface area contributed by atoms with Gasteiger partial charge in [-0.1, -0.05) is 0 Å². The van der Waals surface area contributed by atoms with Gasteiger partial charge in [-0.3, -0.25) is 9.59 Å². The molecule has 0 aliphatic rings. The number of carbonyl (C=O) groups excluding carboxylic acids is 2. The summed E-state index contributed by atoms with van der Waals surface area (Å²) >= 11 is 0. The van der Waals surface area contributed by atoms with Gasteiger partial charge in [0.2, 0.25) is 5.91 Å². The maximum Gasteiger partial charge on any atom is 0.219 e. The van der Waals surface area contributed by atoms with E-state index in [2.05, 4.69) is 10.6 Å². The fourth-order valence-electron chi connectivity index (χ4n) is 0.915. The zero-order chi connectivity index (χ0) is 10.3. The number of hydrogen-bond acceptors (Lipinski definition) is 3. The lowest BCUT2D eigenvalue weighted by Crippen LogP contribution is -2.33. The molecule has 0 aromatic heterocycles. The summed E-state index contributed by atoms with van der Waals surface area (Å²) in [6, 6.07) is -0.253. The summed E-state index contributed by atoms with van der Waals surface area (Å²) in [6.45, 7) is 1.49. The quantitative estimate of drug-likeness (QED) is 0.599. The molecular formula is C8H16N2O2. The van der Waals surface area contributed by atoms with E-state index in [0.29, 0.717) is 6.42 Å². The third kappa shape index (κ3) is 4.08. The SMILES string of the molecule is [2H]CNC(=O)CCC(NC)C(C)=O. The summed E-state index contributed by atoms with van der Waals surface area (Å²) < 4.78 is 6.73. The van der Waals surface area contributed by atoms with Gasteiger partial charge in [0.1, 0.15) is 5.78 Å². The first-order chi connectivity index (χ1) is 6.11. The lowest BCUT2D eigenvalue weighted by Gasteiger charge is -2.10. The molecule has 0 aromatic rings. The Morgan fingerprint density at radius 1 is 1.58 bits per heavy atom. The molecule has 1 amide bonds. The molecule has 0 aromatic carbocycles. The highest BCUT2D eigenvalue weighted by molar-refractivity contribution is 5.82. The molecule has 0 heterocycles. The molecule has 0 spiro atoms. The number of nitrogens with one attached hydrogen (secondary N) is 2. The minimum Gasteiger partial charge on any atom is -0.359 e. The van der Waals surface area contributed by atoms with Crippen molar-refractivity contribution in [2.24, 2.45) is 0 Å². The van der Waals surface area contributed by atoms with E-state index < -0.39 is 0 Å². The van der Waals surface area contributed by atoms with Crippen LogP contribution in [0.5, 0.6) is 0 Å². The van der Waals surface area contributed by atoms with Crippen LogP contribution in [0.2, 0.25) is 0 Å². The van der Waals surface area contributed by atoms with E-state index in [1.807, 2.05) is 0 Å². The zero-order valence-electron chi connectivity index (χ0n) is 8.52. The van der Waals surface area contributed by atoms with E-state index in [1.165, 1.54) is 6.92 Å². The molecule has 0 radical (unpaired) electrons. The Kier molecular flexibility index (Phi) is 4.37. The molecule has 4 nitrogen and oxygen atoms in total. The second-order valence-corrected chi connectivity index (χ2v) is 2.59. The van der Waals surface area contributed by atoms with Crippen LogP contribution in [0.25, 0.3) is 0 Å². The summed E-state index contributed by atoms with van der Waals surface area (Å²) in [6.07, 6.45) is 0.766. The van der Waals surface area contributed by atoms with Gasteiger partial charge in [-0.2, -0.15) is 0 Å². The Morgan fingerprint density at radius 2 is 2.25 bits per heavy atom. The second kappa shape index (κ2) is 5.71. The van der Waals surface area contributed by atoms with Crippen LogP contribution in [-0.2, 0) is 9.59 Å². The minimum absolute atomic E-state index is 0.0289. The second-order valence-electron chi connectivity index (χ2n) is 2.59. The van der Waals surface area contributed by atoms with Crippen molar-refractivity contribution in [2.75, 3.05) is 14.1 Å². The van der Waals surface area contributed by atoms with Gasteiger partial charge in [0.05, 0.1) is 6.04 Å². The van der Waals surface area contributed by atoms with Crippen molar-refractivity contribution >= 4 is 11.7 Å². The van der Waals surface area contributed by atoms with Gasteiger partial charge in [-0.15, -0.1) is 0 Å². The Hall–Kier alpha value is -0.900. The van der Waals surface area contributed by atoms with Crippen molar-refractivity contribution in [3.05, 3.63) is 0 Å². The van der Waals surface area contributed by atoms with Crippen molar-refractivity contribution < 1.29 is 11.0 Å². The summed E-state index contributed by atoms with van der Waals surface area (Å²) in [4.78, 5) is 21.8. The van der Waals surface area contributed by atoms with Crippen LogP contribution in [0.4, 0.5) is 0 Å². The third-order valence-corrected chi connectivity index (χ3v) is 1.70. The van der Waals surface area contributed by atoms with Gasteiger partial charge in [-0.05, 0) is 20.4 Å². The summed E-state index contributed by atoms with van der Waals surface area (Å²) in [5.41, 5.74) is 0. The molecule has 12 heavy (non-hydrogen) atoms. The van der Waals surface area contributed by atoms with Crippen molar-refractivity contribution in [3.8, 4) is 0 Å². The number of Topliss-reactive ketones (excluding diaryl/α,β-unsaturated/α-hetero) is 1. The summed E-state index contributed by atoms with van der Waals surface area (Å²) in [5, 5.41) is 5.18. The first-order valence-electron chi connectivity index (χ1n) is 4.56. The van der Waals surface area contributed by atoms with Crippen LogP contribution >= 0.6 is 0 Å². The maximum absolute atomic E-state index is 10.9. The average molecular weight is 173 g/mol. The topological polar surface area (TPSA) is 58.2 Å². The highest BCUT2D eigenvalue weighted by Gasteiger charge is 2.12. The first kappa shape index (κ1) is 9.19. The summed E-state index contributed by atoms with van der Waals surface area (Å²) in [5.74, 6) is -0.155. The average Bonchev–Trinajstić information content (AvgIpc) is 2.05. The monoisotopic (exact) mass is 173 g/mol. The number of ketones is 1. The van der Waals surface area contributed by atoms with Crippen LogP contribution < -0.4 is 10.6 Å². The van der Waals surface area contributed by atoms with Crippen molar-refractivity contribution in [2.45, 2.75) is 25.8 Å². The standard InChI is InChI=1S/C8H16N2O2/c1-6(11)7(9-2)4-5-8(12)10-3/h7,9H,4-5H2,1-3H3,(H,10,12)/i3D. The van der Waals surface area contributed by atoms with Gasteiger partial charge < -0.3 is 10.6 Å². The molecule has 70 valence electrons. The molecule has 0 saturated heterocycles. The zero-order valence-corrected chi connectivity index (χ0v) is 7.52. The number of amides is 1. The normalized spacial score (nSPS) is 13.3. The molecule has 1 atom stereocenters. The van der Waals surface area contributed by atoms with Crippen LogP contribution in [0, 0.1) is 0 Å². The van der Waals surface area contributed by atoms with Gasteiger partial charge in [0.25, 0.3) is 0 Å². The highest BCUT2D eigenvalue weighted by Crippen LogP contribution is 1.97. The number of carbonyl (C=O) groups is 2. The Labute approximate surface area is 74.1 Å². The van der Waals surface area contributed by atoms with Crippen LogP contribution in [-0.4, -0.2) is 31.8 Å². The van der Waals surface area contributed by atoms with Crippen LogP contribution in [0.1, 0.15) is 21.1 Å². The molecular weight excluding hydrogens is 156 g/mol. The smallest absolute Gasteiger partial charge is 0.219 e. The maximum atomic E-state index is 10.9. The third-order valence-electron chi connectivity index (χ3n) is 1.70. The van der Waals surface area contributed by atoms with Gasteiger partial charge in [0.15, 0.2) is 0 Å².